The monoisotopic (exact) mass is 351 g/mol. The van der Waals surface area contributed by atoms with Crippen LogP contribution in [-0.2, 0) is 4.79 Å². The van der Waals surface area contributed by atoms with Crippen molar-refractivity contribution in [1.82, 2.24) is 0 Å². The molecule has 1 atom stereocenters. The van der Waals surface area contributed by atoms with E-state index in [4.69, 9.17) is 5.11 Å². The molecule has 1 aromatic carbocycles. The molecule has 4 heteroatoms. The van der Waals surface area contributed by atoms with Crippen molar-refractivity contribution in [2.45, 2.75) is 32.6 Å². The average Bonchev–Trinajstić information content (AvgIpc) is 2.71. The van der Waals surface area contributed by atoms with E-state index in [0.717, 1.165) is 34.7 Å². The van der Waals surface area contributed by atoms with Crippen LogP contribution in [0.3, 0.4) is 0 Å². The Morgan fingerprint density at radius 3 is 2.95 bits per heavy atom. The second-order valence-corrected chi connectivity index (χ2v) is 6.48. The third kappa shape index (κ3) is 4.60. The number of carbonyl (C=O) groups is 1. The van der Waals surface area contributed by atoms with Gasteiger partial charge in [-0.2, -0.15) is 0 Å². The van der Waals surface area contributed by atoms with Gasteiger partial charge in [0, 0.05) is 29.3 Å². The largest absolute Gasteiger partial charge is 0.478 e. The number of hydrogen-bond donors (Lipinski definition) is 1. The maximum atomic E-state index is 10.8. The normalized spacial score (nSPS) is 19.7. The first kappa shape index (κ1) is 16.1. The summed E-state index contributed by atoms with van der Waals surface area (Å²) >= 11 is 3.52. The van der Waals surface area contributed by atoms with Gasteiger partial charge in [-0.05, 0) is 49.0 Å². The maximum Gasteiger partial charge on any atom is 0.328 e. The van der Waals surface area contributed by atoms with Gasteiger partial charge in [0.25, 0.3) is 0 Å². The van der Waals surface area contributed by atoms with Crippen LogP contribution in [0.15, 0.2) is 28.7 Å². The van der Waals surface area contributed by atoms with Crippen LogP contribution in [0.5, 0.6) is 0 Å². The standard InChI is InChI=1S/C17H22BrNO2/c1-2-13-4-3-10-19(11-9-13)16-12-15(18)7-5-14(16)6-8-17(20)21/h5-8,12-13H,2-4,9-11H2,1H3,(H,20,21). The zero-order valence-corrected chi connectivity index (χ0v) is 14.0. The zero-order valence-electron chi connectivity index (χ0n) is 12.4. The minimum Gasteiger partial charge on any atom is -0.478 e. The van der Waals surface area contributed by atoms with E-state index in [-0.39, 0.29) is 0 Å². The van der Waals surface area contributed by atoms with Crippen LogP contribution < -0.4 is 4.90 Å². The number of benzene rings is 1. The molecule has 0 aromatic heterocycles. The van der Waals surface area contributed by atoms with E-state index in [0.29, 0.717) is 0 Å². The lowest BCUT2D eigenvalue weighted by atomic mass is 9.98. The highest BCUT2D eigenvalue weighted by atomic mass is 79.9. The fraction of sp³-hybridized carbons (Fsp3) is 0.471. The molecular formula is C17H22BrNO2. The fourth-order valence-electron chi connectivity index (χ4n) is 2.91. The number of anilines is 1. The Kier molecular flexibility index (Phi) is 5.85. The number of hydrogen-bond acceptors (Lipinski definition) is 2. The van der Waals surface area contributed by atoms with Crippen molar-refractivity contribution in [2.24, 2.45) is 5.92 Å². The third-order valence-corrected chi connectivity index (χ3v) is 4.66. The van der Waals surface area contributed by atoms with Gasteiger partial charge in [0.05, 0.1) is 0 Å². The molecule has 1 saturated heterocycles. The Balaban J connectivity index is 2.24. The smallest absolute Gasteiger partial charge is 0.328 e. The fourth-order valence-corrected chi connectivity index (χ4v) is 3.26. The molecule has 0 spiro atoms. The molecule has 1 heterocycles. The molecule has 1 unspecified atom stereocenters. The van der Waals surface area contributed by atoms with E-state index in [1.807, 2.05) is 12.1 Å². The molecule has 114 valence electrons. The lowest BCUT2D eigenvalue weighted by molar-refractivity contribution is -0.131. The summed E-state index contributed by atoms with van der Waals surface area (Å²) in [5, 5.41) is 8.83. The molecule has 0 bridgehead atoms. The molecule has 0 aliphatic carbocycles. The van der Waals surface area contributed by atoms with Crippen molar-refractivity contribution in [2.75, 3.05) is 18.0 Å². The predicted molar refractivity (Wildman–Crippen MR) is 90.7 cm³/mol. The van der Waals surface area contributed by atoms with Gasteiger partial charge in [-0.3, -0.25) is 0 Å². The molecule has 1 fully saturated rings. The van der Waals surface area contributed by atoms with Gasteiger partial charge >= 0.3 is 5.97 Å². The lowest BCUT2D eigenvalue weighted by Gasteiger charge is -2.25. The summed E-state index contributed by atoms with van der Waals surface area (Å²) < 4.78 is 1.03. The van der Waals surface area contributed by atoms with Crippen molar-refractivity contribution in [3.05, 3.63) is 34.3 Å². The summed E-state index contributed by atoms with van der Waals surface area (Å²) in [5.74, 6) is -0.0917. The Hall–Kier alpha value is -1.29. The number of halogens is 1. The van der Waals surface area contributed by atoms with Crippen LogP contribution in [0.4, 0.5) is 5.69 Å². The molecule has 3 nitrogen and oxygen atoms in total. The SMILES string of the molecule is CCC1CCCN(c2cc(Br)ccc2C=CC(=O)O)CC1. The van der Waals surface area contributed by atoms with Gasteiger partial charge in [0.1, 0.15) is 0 Å². The van der Waals surface area contributed by atoms with Gasteiger partial charge in [0.15, 0.2) is 0 Å². The minimum atomic E-state index is -0.911. The van der Waals surface area contributed by atoms with E-state index in [1.165, 1.54) is 31.8 Å². The van der Waals surface area contributed by atoms with E-state index >= 15 is 0 Å². The Bertz CT molecular complexity index is 528. The number of aliphatic carboxylic acids is 1. The van der Waals surface area contributed by atoms with Gasteiger partial charge in [-0.25, -0.2) is 4.79 Å². The second kappa shape index (κ2) is 7.64. The van der Waals surface area contributed by atoms with Crippen LogP contribution in [0.25, 0.3) is 6.08 Å². The Labute approximate surface area is 134 Å². The number of carboxylic acid groups (broad SMARTS) is 1. The van der Waals surface area contributed by atoms with Gasteiger partial charge in [-0.1, -0.05) is 35.3 Å². The molecule has 0 amide bonds. The highest BCUT2D eigenvalue weighted by molar-refractivity contribution is 9.10. The van der Waals surface area contributed by atoms with Crippen LogP contribution in [0.1, 0.15) is 38.2 Å². The van der Waals surface area contributed by atoms with E-state index < -0.39 is 5.97 Å². The van der Waals surface area contributed by atoms with Crippen molar-refractivity contribution >= 4 is 33.7 Å². The predicted octanol–water partition coefficient (Wildman–Crippen LogP) is 4.56. The van der Waals surface area contributed by atoms with Crippen molar-refractivity contribution < 1.29 is 9.90 Å². The van der Waals surface area contributed by atoms with Crippen LogP contribution in [0.2, 0.25) is 0 Å². The highest BCUT2D eigenvalue weighted by Crippen LogP contribution is 2.30. The molecule has 1 N–H and O–H groups in total. The van der Waals surface area contributed by atoms with Gasteiger partial charge in [-0.15, -0.1) is 0 Å². The summed E-state index contributed by atoms with van der Waals surface area (Å²) in [4.78, 5) is 13.1. The molecule has 1 aliphatic heterocycles. The molecule has 1 aromatic rings. The summed E-state index contributed by atoms with van der Waals surface area (Å²) in [7, 11) is 0. The van der Waals surface area contributed by atoms with E-state index in [2.05, 4.69) is 33.8 Å². The molecule has 0 saturated carbocycles. The molecule has 1 aliphatic rings. The summed E-state index contributed by atoms with van der Waals surface area (Å²) in [5.41, 5.74) is 2.09. The van der Waals surface area contributed by atoms with Crippen LogP contribution >= 0.6 is 15.9 Å². The number of carboxylic acids is 1. The van der Waals surface area contributed by atoms with E-state index in [1.54, 1.807) is 6.08 Å². The quantitative estimate of drug-likeness (QED) is 0.808. The van der Waals surface area contributed by atoms with Crippen LogP contribution in [0, 0.1) is 5.92 Å². The summed E-state index contributed by atoms with van der Waals surface area (Å²) in [6, 6.07) is 6.02. The molecule has 2 rings (SSSR count). The first-order valence-corrected chi connectivity index (χ1v) is 8.35. The van der Waals surface area contributed by atoms with Gasteiger partial charge in [0.2, 0.25) is 0 Å². The summed E-state index contributed by atoms with van der Waals surface area (Å²) in [6.45, 7) is 4.35. The number of rotatable bonds is 4. The molecular weight excluding hydrogens is 330 g/mol. The highest BCUT2D eigenvalue weighted by Gasteiger charge is 2.17. The van der Waals surface area contributed by atoms with Crippen molar-refractivity contribution in [1.29, 1.82) is 0 Å². The second-order valence-electron chi connectivity index (χ2n) is 5.57. The van der Waals surface area contributed by atoms with Crippen molar-refractivity contribution in [3.63, 3.8) is 0 Å². The Morgan fingerprint density at radius 2 is 2.24 bits per heavy atom. The lowest BCUT2D eigenvalue weighted by Crippen LogP contribution is -2.25. The first-order chi connectivity index (χ1) is 10.1. The van der Waals surface area contributed by atoms with E-state index in [9.17, 15) is 4.79 Å². The molecule has 0 radical (unpaired) electrons. The average molecular weight is 352 g/mol. The Morgan fingerprint density at radius 1 is 1.43 bits per heavy atom. The number of nitrogens with zero attached hydrogens (tertiary/aromatic N) is 1. The topological polar surface area (TPSA) is 40.5 Å². The van der Waals surface area contributed by atoms with Crippen LogP contribution in [-0.4, -0.2) is 24.2 Å². The first-order valence-electron chi connectivity index (χ1n) is 7.55. The zero-order chi connectivity index (χ0) is 15.2. The van der Waals surface area contributed by atoms with Gasteiger partial charge < -0.3 is 10.0 Å². The van der Waals surface area contributed by atoms with Crippen molar-refractivity contribution in [3.8, 4) is 0 Å². The molecule has 21 heavy (non-hydrogen) atoms. The third-order valence-electron chi connectivity index (χ3n) is 4.16. The minimum absolute atomic E-state index is 0.820. The summed E-state index contributed by atoms with van der Waals surface area (Å²) in [6.07, 6.45) is 7.85. The maximum absolute atomic E-state index is 10.8.